The van der Waals surface area contributed by atoms with E-state index >= 15 is 0 Å². The predicted molar refractivity (Wildman–Crippen MR) is 70.9 cm³/mol. The van der Waals surface area contributed by atoms with Crippen LogP contribution in [0.3, 0.4) is 0 Å². The summed E-state index contributed by atoms with van der Waals surface area (Å²) in [5, 5.41) is 14.4. The molecule has 92 valence electrons. The number of aliphatic hydroxyl groups excluding tert-OH is 1. The van der Waals surface area contributed by atoms with Crippen LogP contribution in [-0.2, 0) is 0 Å². The maximum Gasteiger partial charge on any atom is 0.0431 e. The molecule has 0 aliphatic rings. The zero-order chi connectivity index (χ0) is 11.6. The van der Waals surface area contributed by atoms with Gasteiger partial charge in [0.25, 0.3) is 0 Å². The summed E-state index contributed by atoms with van der Waals surface area (Å²) >= 11 is 1.83. The van der Waals surface area contributed by atoms with E-state index in [1.807, 2.05) is 11.3 Å². The Morgan fingerprint density at radius 3 is 2.75 bits per heavy atom. The Bertz CT molecular complexity index is 248. The molecule has 1 heterocycles. The highest BCUT2D eigenvalue weighted by atomic mass is 32.1. The summed E-state index contributed by atoms with van der Waals surface area (Å²) in [5.41, 5.74) is 0. The van der Waals surface area contributed by atoms with E-state index in [2.05, 4.69) is 29.8 Å². The van der Waals surface area contributed by atoms with E-state index in [1.54, 1.807) is 0 Å². The number of rotatable bonds is 9. The minimum absolute atomic E-state index is 0.334. The molecular formula is C13H23NOS. The Hall–Kier alpha value is -0.380. The fourth-order valence-corrected chi connectivity index (χ4v) is 2.69. The fourth-order valence-electron chi connectivity index (χ4n) is 1.80. The molecule has 0 aliphatic carbocycles. The van der Waals surface area contributed by atoms with Crippen LogP contribution in [-0.4, -0.2) is 18.3 Å². The van der Waals surface area contributed by atoms with Gasteiger partial charge < -0.3 is 10.4 Å². The Kier molecular flexibility index (Phi) is 7.47. The third-order valence-corrected chi connectivity index (χ3v) is 3.76. The van der Waals surface area contributed by atoms with E-state index in [1.165, 1.54) is 17.7 Å². The largest absolute Gasteiger partial charge is 0.396 e. The van der Waals surface area contributed by atoms with Crippen molar-refractivity contribution >= 4 is 11.3 Å². The Labute approximate surface area is 103 Å². The first-order chi connectivity index (χ1) is 7.88. The first kappa shape index (κ1) is 13.7. The number of hydrogen-bond acceptors (Lipinski definition) is 3. The van der Waals surface area contributed by atoms with Gasteiger partial charge in [-0.3, -0.25) is 0 Å². The molecule has 0 bridgehead atoms. The van der Waals surface area contributed by atoms with Gasteiger partial charge in [-0.05, 0) is 37.3 Å². The van der Waals surface area contributed by atoms with E-state index in [0.29, 0.717) is 12.6 Å². The van der Waals surface area contributed by atoms with Gasteiger partial charge in [-0.15, -0.1) is 11.3 Å². The van der Waals surface area contributed by atoms with Crippen LogP contribution in [0.2, 0.25) is 0 Å². The van der Waals surface area contributed by atoms with Crippen LogP contribution < -0.4 is 5.32 Å². The maximum atomic E-state index is 8.66. The van der Waals surface area contributed by atoms with E-state index in [9.17, 15) is 0 Å². The van der Waals surface area contributed by atoms with Crippen LogP contribution in [0.25, 0.3) is 0 Å². The third-order valence-electron chi connectivity index (χ3n) is 2.77. The van der Waals surface area contributed by atoms with Gasteiger partial charge in [0, 0.05) is 17.5 Å². The van der Waals surface area contributed by atoms with Gasteiger partial charge in [0.15, 0.2) is 0 Å². The van der Waals surface area contributed by atoms with Crippen molar-refractivity contribution in [1.82, 2.24) is 5.32 Å². The summed E-state index contributed by atoms with van der Waals surface area (Å²) < 4.78 is 0. The highest BCUT2D eigenvalue weighted by Crippen LogP contribution is 2.21. The molecule has 3 heteroatoms. The van der Waals surface area contributed by atoms with Crippen molar-refractivity contribution < 1.29 is 5.11 Å². The minimum Gasteiger partial charge on any atom is -0.396 e. The maximum absolute atomic E-state index is 8.66. The standard InChI is InChI=1S/C13H23NOS/c1-2-12(13-8-7-11-16-13)14-9-5-3-4-6-10-15/h7-8,11-12,14-15H,2-6,9-10H2,1H3. The molecule has 0 radical (unpaired) electrons. The summed E-state index contributed by atoms with van der Waals surface area (Å²) in [7, 11) is 0. The quantitative estimate of drug-likeness (QED) is 0.650. The number of aliphatic hydroxyl groups is 1. The van der Waals surface area contributed by atoms with Crippen LogP contribution >= 0.6 is 11.3 Å². The lowest BCUT2D eigenvalue weighted by Gasteiger charge is -2.15. The summed E-state index contributed by atoms with van der Waals surface area (Å²) in [4.78, 5) is 1.44. The lowest BCUT2D eigenvalue weighted by molar-refractivity contribution is 0.282. The van der Waals surface area contributed by atoms with Gasteiger partial charge in [0.1, 0.15) is 0 Å². The van der Waals surface area contributed by atoms with Crippen molar-refractivity contribution in [3.8, 4) is 0 Å². The summed E-state index contributed by atoms with van der Waals surface area (Å²) in [5.74, 6) is 0. The third kappa shape index (κ3) is 5.10. The SMILES string of the molecule is CCC(NCCCCCCO)c1cccs1. The fraction of sp³-hybridized carbons (Fsp3) is 0.692. The molecule has 0 aliphatic heterocycles. The molecule has 2 N–H and O–H groups in total. The van der Waals surface area contributed by atoms with Crippen LogP contribution in [0.15, 0.2) is 17.5 Å². The van der Waals surface area contributed by atoms with Crippen molar-refractivity contribution in [3.05, 3.63) is 22.4 Å². The molecule has 0 spiro atoms. The minimum atomic E-state index is 0.334. The molecule has 1 rings (SSSR count). The molecule has 0 aromatic carbocycles. The summed E-state index contributed by atoms with van der Waals surface area (Å²) in [6.07, 6.45) is 5.67. The lowest BCUT2D eigenvalue weighted by atomic mass is 10.1. The van der Waals surface area contributed by atoms with Gasteiger partial charge in [-0.1, -0.05) is 25.8 Å². The van der Waals surface area contributed by atoms with E-state index in [-0.39, 0.29) is 0 Å². The second kappa shape index (κ2) is 8.74. The highest BCUT2D eigenvalue weighted by molar-refractivity contribution is 7.10. The average molecular weight is 241 g/mol. The Morgan fingerprint density at radius 1 is 1.31 bits per heavy atom. The Balaban J connectivity index is 2.11. The van der Waals surface area contributed by atoms with Crippen molar-refractivity contribution in [3.63, 3.8) is 0 Å². The number of hydrogen-bond donors (Lipinski definition) is 2. The van der Waals surface area contributed by atoms with Crippen LogP contribution in [0.4, 0.5) is 0 Å². The molecule has 1 aromatic heterocycles. The summed E-state index contributed by atoms with van der Waals surface area (Å²) in [6.45, 7) is 3.64. The normalized spacial score (nSPS) is 12.9. The van der Waals surface area contributed by atoms with Crippen molar-refractivity contribution in [1.29, 1.82) is 0 Å². The van der Waals surface area contributed by atoms with Gasteiger partial charge in [0.05, 0.1) is 0 Å². The van der Waals surface area contributed by atoms with Crippen molar-refractivity contribution in [2.45, 2.75) is 45.1 Å². The first-order valence-electron chi connectivity index (χ1n) is 6.26. The molecule has 1 unspecified atom stereocenters. The molecule has 0 fully saturated rings. The average Bonchev–Trinajstić information content (AvgIpc) is 2.82. The van der Waals surface area contributed by atoms with Crippen LogP contribution in [0.5, 0.6) is 0 Å². The molecule has 2 nitrogen and oxygen atoms in total. The van der Waals surface area contributed by atoms with E-state index in [4.69, 9.17) is 5.11 Å². The predicted octanol–water partition coefficient (Wildman–Crippen LogP) is 3.34. The van der Waals surface area contributed by atoms with Gasteiger partial charge >= 0.3 is 0 Å². The summed E-state index contributed by atoms with van der Waals surface area (Å²) in [6, 6.07) is 4.85. The molecule has 0 amide bonds. The van der Waals surface area contributed by atoms with Crippen molar-refractivity contribution in [2.24, 2.45) is 0 Å². The Morgan fingerprint density at radius 2 is 2.12 bits per heavy atom. The van der Waals surface area contributed by atoms with Crippen molar-refractivity contribution in [2.75, 3.05) is 13.2 Å². The molecule has 1 atom stereocenters. The van der Waals surface area contributed by atoms with Gasteiger partial charge in [-0.2, -0.15) is 0 Å². The smallest absolute Gasteiger partial charge is 0.0431 e. The lowest BCUT2D eigenvalue weighted by Crippen LogP contribution is -2.21. The highest BCUT2D eigenvalue weighted by Gasteiger charge is 2.08. The second-order valence-electron chi connectivity index (χ2n) is 4.07. The van der Waals surface area contributed by atoms with E-state index in [0.717, 1.165) is 25.8 Å². The molecule has 0 saturated heterocycles. The second-order valence-corrected chi connectivity index (χ2v) is 5.05. The van der Waals surface area contributed by atoms with Gasteiger partial charge in [0.2, 0.25) is 0 Å². The molecule has 1 aromatic rings. The monoisotopic (exact) mass is 241 g/mol. The molecular weight excluding hydrogens is 218 g/mol. The zero-order valence-electron chi connectivity index (χ0n) is 10.1. The number of unbranched alkanes of at least 4 members (excludes halogenated alkanes) is 3. The first-order valence-corrected chi connectivity index (χ1v) is 7.14. The van der Waals surface area contributed by atoms with Gasteiger partial charge in [-0.25, -0.2) is 0 Å². The number of nitrogens with one attached hydrogen (secondary N) is 1. The van der Waals surface area contributed by atoms with Crippen LogP contribution in [0, 0.1) is 0 Å². The van der Waals surface area contributed by atoms with Crippen LogP contribution in [0.1, 0.15) is 49.9 Å². The number of thiophene rings is 1. The molecule has 0 saturated carbocycles. The van der Waals surface area contributed by atoms with E-state index < -0.39 is 0 Å². The topological polar surface area (TPSA) is 32.3 Å². The molecule has 16 heavy (non-hydrogen) atoms. The zero-order valence-corrected chi connectivity index (χ0v) is 10.9.